The van der Waals surface area contributed by atoms with Crippen LogP contribution in [-0.4, -0.2) is 79.3 Å². The van der Waals surface area contributed by atoms with Gasteiger partial charge in [0.1, 0.15) is 5.75 Å². The number of benzene rings is 4. The molecule has 0 aromatic heterocycles. The van der Waals surface area contributed by atoms with Gasteiger partial charge in [0.15, 0.2) is 34.5 Å². The number of rotatable bonds is 11. The maximum absolute atomic E-state index is 6.48. The average molecular weight is 683 g/mol. The van der Waals surface area contributed by atoms with Crippen LogP contribution in [-0.2, 0) is 25.7 Å². The molecule has 50 heavy (non-hydrogen) atoms. The fraction of sp³-hybridized carbons (Fsp3) is 0.400. The van der Waals surface area contributed by atoms with Crippen LogP contribution < -0.4 is 37.9 Å². The summed E-state index contributed by atoms with van der Waals surface area (Å²) in [6.07, 6.45) is 3.37. The van der Waals surface area contributed by atoms with Gasteiger partial charge in [-0.25, -0.2) is 0 Å². The van der Waals surface area contributed by atoms with Crippen molar-refractivity contribution in [2.45, 2.75) is 37.8 Å². The highest BCUT2D eigenvalue weighted by Gasteiger charge is 2.34. The smallest absolute Gasteiger partial charge is 0.231 e. The summed E-state index contributed by atoms with van der Waals surface area (Å²) in [5.74, 6) is 6.39. The van der Waals surface area contributed by atoms with Gasteiger partial charge in [-0.1, -0.05) is 18.2 Å². The molecule has 0 amide bonds. The molecule has 0 saturated carbocycles. The highest BCUT2D eigenvalue weighted by atomic mass is 16.7. The topological polar surface area (TPSA) is 80.3 Å². The summed E-state index contributed by atoms with van der Waals surface area (Å²) in [7, 11) is 12.7. The van der Waals surface area contributed by atoms with Gasteiger partial charge < -0.3 is 37.9 Å². The van der Waals surface area contributed by atoms with Crippen LogP contribution in [0.4, 0.5) is 0 Å². The van der Waals surface area contributed by atoms with Crippen molar-refractivity contribution < 1.29 is 37.9 Å². The first-order valence-electron chi connectivity index (χ1n) is 17.0. The van der Waals surface area contributed by atoms with Gasteiger partial charge in [-0.3, -0.25) is 9.80 Å². The van der Waals surface area contributed by atoms with Crippen molar-refractivity contribution >= 4 is 0 Å². The molecule has 3 aliphatic rings. The highest BCUT2D eigenvalue weighted by molar-refractivity contribution is 5.62. The molecule has 0 bridgehead atoms. The van der Waals surface area contributed by atoms with E-state index in [1.165, 1.54) is 22.3 Å². The van der Waals surface area contributed by atoms with E-state index in [2.05, 4.69) is 60.3 Å². The lowest BCUT2D eigenvalue weighted by Gasteiger charge is -2.36. The summed E-state index contributed by atoms with van der Waals surface area (Å²) in [5.41, 5.74) is 7.10. The summed E-state index contributed by atoms with van der Waals surface area (Å²) in [5, 5.41) is 0. The molecule has 2 atom stereocenters. The molecule has 0 fully saturated rings. The summed E-state index contributed by atoms with van der Waals surface area (Å²) < 4.78 is 46.8. The Morgan fingerprint density at radius 2 is 1.20 bits per heavy atom. The minimum absolute atomic E-state index is 0.108. The predicted molar refractivity (Wildman–Crippen MR) is 190 cm³/mol. The Balaban J connectivity index is 1.11. The Morgan fingerprint density at radius 1 is 0.600 bits per heavy atom. The summed E-state index contributed by atoms with van der Waals surface area (Å²) in [6, 6.07) is 19.0. The van der Waals surface area contributed by atoms with Crippen molar-refractivity contribution in [2.24, 2.45) is 0 Å². The molecule has 0 N–H and O–H groups in total. The lowest BCUT2D eigenvalue weighted by atomic mass is 9.87. The van der Waals surface area contributed by atoms with Crippen molar-refractivity contribution in [3.8, 4) is 51.7 Å². The molecule has 0 saturated heterocycles. The summed E-state index contributed by atoms with van der Waals surface area (Å²) in [4.78, 5) is 4.78. The molecule has 7 rings (SSSR count). The van der Waals surface area contributed by atoms with Gasteiger partial charge >= 0.3 is 0 Å². The number of hydrogen-bond acceptors (Lipinski definition) is 10. The van der Waals surface area contributed by atoms with Gasteiger partial charge in [-0.15, -0.1) is 0 Å². The van der Waals surface area contributed by atoms with E-state index in [0.29, 0.717) is 28.7 Å². The number of fused-ring (bicyclic) bond motifs is 3. The Kier molecular flexibility index (Phi) is 9.57. The van der Waals surface area contributed by atoms with Crippen molar-refractivity contribution in [1.29, 1.82) is 0 Å². The minimum Gasteiger partial charge on any atom is -0.493 e. The van der Waals surface area contributed by atoms with E-state index in [9.17, 15) is 0 Å². The van der Waals surface area contributed by atoms with Crippen LogP contribution in [0.15, 0.2) is 54.6 Å². The molecule has 264 valence electrons. The maximum atomic E-state index is 6.48. The van der Waals surface area contributed by atoms with Gasteiger partial charge in [0, 0.05) is 36.3 Å². The molecule has 4 aromatic rings. The maximum Gasteiger partial charge on any atom is 0.231 e. The zero-order valence-corrected chi connectivity index (χ0v) is 30.0. The normalized spacial score (nSPS) is 18.2. The summed E-state index contributed by atoms with van der Waals surface area (Å²) >= 11 is 0. The molecule has 0 spiro atoms. The van der Waals surface area contributed by atoms with Crippen LogP contribution >= 0.6 is 0 Å². The lowest BCUT2D eigenvalue weighted by molar-refractivity contribution is 0.171. The van der Waals surface area contributed by atoms with Crippen LogP contribution in [0.3, 0.4) is 0 Å². The Hall–Kier alpha value is -4.80. The SMILES string of the molecule is COc1ccc(C[C@H]2c3cc(OC)c(OC)c(OC)c3CCN2C)cc1Oc1ccc(CC2c3cc4c(c(OC)c3CCN2C)OCO4)cc1. The fourth-order valence-corrected chi connectivity index (χ4v) is 7.72. The van der Waals surface area contributed by atoms with E-state index in [-0.39, 0.29) is 18.9 Å². The first-order chi connectivity index (χ1) is 24.4. The lowest BCUT2D eigenvalue weighted by Crippen LogP contribution is -2.33. The number of methoxy groups -OCH3 is 5. The van der Waals surface area contributed by atoms with Crippen LogP contribution in [0.5, 0.6) is 51.7 Å². The predicted octanol–water partition coefficient (Wildman–Crippen LogP) is 6.79. The molecule has 4 aromatic carbocycles. The third-order valence-corrected chi connectivity index (χ3v) is 10.4. The molecule has 10 nitrogen and oxygen atoms in total. The van der Waals surface area contributed by atoms with Crippen molar-refractivity contribution in [1.82, 2.24) is 9.80 Å². The van der Waals surface area contributed by atoms with Crippen LogP contribution in [0.2, 0.25) is 0 Å². The molecule has 3 aliphatic heterocycles. The van der Waals surface area contributed by atoms with Gasteiger partial charge in [0.2, 0.25) is 18.3 Å². The Bertz CT molecular complexity index is 1860. The zero-order chi connectivity index (χ0) is 34.9. The van der Waals surface area contributed by atoms with Gasteiger partial charge in [-0.2, -0.15) is 0 Å². The third kappa shape index (κ3) is 6.11. The van der Waals surface area contributed by atoms with E-state index in [1.807, 2.05) is 18.2 Å². The van der Waals surface area contributed by atoms with E-state index >= 15 is 0 Å². The van der Waals surface area contributed by atoms with Crippen molar-refractivity contribution in [3.63, 3.8) is 0 Å². The molecular formula is C40H46N2O8. The van der Waals surface area contributed by atoms with E-state index in [4.69, 9.17) is 37.9 Å². The monoisotopic (exact) mass is 682 g/mol. The average Bonchev–Trinajstić information content (AvgIpc) is 3.61. The molecule has 3 heterocycles. The van der Waals surface area contributed by atoms with E-state index < -0.39 is 0 Å². The first kappa shape index (κ1) is 33.7. The number of likely N-dealkylation sites (N-methyl/N-ethyl adjacent to an activating group) is 2. The minimum atomic E-state index is 0.108. The first-order valence-corrected chi connectivity index (χ1v) is 17.0. The van der Waals surface area contributed by atoms with Crippen LogP contribution in [0.25, 0.3) is 0 Å². The van der Waals surface area contributed by atoms with Crippen molar-refractivity contribution in [2.75, 3.05) is 69.5 Å². The molecule has 0 radical (unpaired) electrons. The molecule has 1 unspecified atom stereocenters. The number of ether oxygens (including phenoxy) is 8. The standard InChI is InChI=1S/C40H46N2O8/c1-41-17-15-28-30(22-36-40(38(28)46-6)49-23-48-36)31(41)18-24-8-11-26(12-9-24)50-34-20-25(10-13-33(34)43-3)19-32-29-21-35(44-4)39(47-7)37(45-5)27(29)14-16-42(32)2/h8-13,20-22,31-32H,14-19,23H2,1-7H3/t31?,32-/m0/s1. The van der Waals surface area contributed by atoms with Crippen LogP contribution in [0, 0.1) is 0 Å². The molecule has 0 aliphatic carbocycles. The van der Waals surface area contributed by atoms with Gasteiger partial charge in [0.25, 0.3) is 0 Å². The second kappa shape index (κ2) is 14.2. The second-order valence-corrected chi connectivity index (χ2v) is 13.1. The second-order valence-electron chi connectivity index (χ2n) is 13.1. The fourth-order valence-electron chi connectivity index (χ4n) is 7.72. The Labute approximate surface area is 294 Å². The molecule has 10 heteroatoms. The van der Waals surface area contributed by atoms with Gasteiger partial charge in [0.05, 0.1) is 35.5 Å². The molecular weight excluding hydrogens is 636 g/mol. The van der Waals surface area contributed by atoms with Crippen LogP contribution in [0.1, 0.15) is 45.5 Å². The third-order valence-electron chi connectivity index (χ3n) is 10.4. The number of hydrogen-bond donors (Lipinski definition) is 0. The number of nitrogens with zero attached hydrogens (tertiary/aromatic N) is 2. The van der Waals surface area contributed by atoms with Gasteiger partial charge in [-0.05, 0) is 98.4 Å². The summed E-state index contributed by atoms with van der Waals surface area (Å²) in [6.45, 7) is 2.05. The quantitative estimate of drug-likeness (QED) is 0.169. The highest BCUT2D eigenvalue weighted by Crippen LogP contribution is 2.50. The van der Waals surface area contributed by atoms with Crippen molar-refractivity contribution in [3.05, 3.63) is 88.0 Å². The largest absolute Gasteiger partial charge is 0.493 e. The van der Waals surface area contributed by atoms with E-state index in [1.54, 1.807) is 35.5 Å². The van der Waals surface area contributed by atoms with E-state index in [0.717, 1.165) is 72.9 Å². The Morgan fingerprint density at radius 3 is 1.84 bits per heavy atom. The zero-order valence-electron chi connectivity index (χ0n) is 30.0.